The van der Waals surface area contributed by atoms with Crippen LogP contribution in [0.4, 0.5) is 52.7 Å². The molecule has 5 nitrogen and oxygen atoms in total. The second-order valence-corrected chi connectivity index (χ2v) is 7.05. The van der Waals surface area contributed by atoms with Gasteiger partial charge in [0.2, 0.25) is 11.7 Å². The van der Waals surface area contributed by atoms with Gasteiger partial charge in [-0.15, -0.1) is 0 Å². The molecule has 37 heavy (non-hydrogen) atoms. The number of nitrogens with zero attached hydrogens (tertiary/aromatic N) is 3. The van der Waals surface area contributed by atoms with Crippen LogP contribution in [0, 0.1) is 24.5 Å². The standard InChI is InChI=1S/C19H7F12N3O2.Cu/c1-5-9(13(35)6-2-7(17(23,24)25)4-8(3-6)18(26,27)28)16(36)34(33-5)12-10(20)14(19(29,30)31)32-15(22)11(12)21;/h2-4,36H,1H3;. The Morgan fingerprint density at radius 3 is 1.76 bits per heavy atom. The van der Waals surface area contributed by atoms with Crippen LogP contribution in [0.1, 0.15) is 38.4 Å². The van der Waals surface area contributed by atoms with Crippen molar-refractivity contribution < 1.29 is 79.7 Å². The quantitative estimate of drug-likeness (QED) is 0.174. The van der Waals surface area contributed by atoms with Gasteiger partial charge in [-0.3, -0.25) is 4.79 Å². The monoisotopic (exact) mass is 600 g/mol. The van der Waals surface area contributed by atoms with Crippen LogP contribution in [0.5, 0.6) is 5.88 Å². The Morgan fingerprint density at radius 2 is 1.32 bits per heavy atom. The van der Waals surface area contributed by atoms with Crippen LogP contribution in [0.2, 0.25) is 0 Å². The summed E-state index contributed by atoms with van der Waals surface area (Å²) in [4.78, 5) is 14.8. The summed E-state index contributed by atoms with van der Waals surface area (Å²) < 4.78 is 159. The van der Waals surface area contributed by atoms with Crippen molar-refractivity contribution >= 4 is 5.78 Å². The van der Waals surface area contributed by atoms with Crippen molar-refractivity contribution in [1.82, 2.24) is 14.8 Å². The van der Waals surface area contributed by atoms with Crippen LogP contribution >= 0.6 is 0 Å². The van der Waals surface area contributed by atoms with Gasteiger partial charge in [0.1, 0.15) is 11.3 Å². The maximum Gasteiger partial charge on any atom is 0.436 e. The summed E-state index contributed by atoms with van der Waals surface area (Å²) in [5.74, 6) is -11.0. The zero-order valence-corrected chi connectivity index (χ0v) is 18.2. The zero-order valence-electron chi connectivity index (χ0n) is 17.3. The third kappa shape index (κ3) is 5.53. The van der Waals surface area contributed by atoms with E-state index in [0.29, 0.717) is 0 Å². The fraction of sp³-hybridized carbons (Fsp3) is 0.211. The number of hydrogen-bond acceptors (Lipinski definition) is 4. The number of aromatic hydroxyl groups is 1. The molecule has 1 radical (unpaired) electrons. The Hall–Kier alpha value is -3.27. The Balaban J connectivity index is 0.00000481. The van der Waals surface area contributed by atoms with E-state index in [9.17, 15) is 62.6 Å². The molecule has 0 aliphatic rings. The molecule has 3 aromatic rings. The minimum atomic E-state index is -5.67. The minimum absolute atomic E-state index is 0. The molecule has 0 bridgehead atoms. The van der Waals surface area contributed by atoms with Gasteiger partial charge in [-0.1, -0.05) is 0 Å². The Labute approximate surface area is 207 Å². The van der Waals surface area contributed by atoms with Crippen molar-refractivity contribution in [3.05, 3.63) is 69.4 Å². The van der Waals surface area contributed by atoms with Gasteiger partial charge in [0.15, 0.2) is 17.3 Å². The zero-order chi connectivity index (χ0) is 27.5. The van der Waals surface area contributed by atoms with E-state index in [1.165, 1.54) is 0 Å². The van der Waals surface area contributed by atoms with Crippen molar-refractivity contribution in [3.63, 3.8) is 0 Å². The summed E-state index contributed by atoms with van der Waals surface area (Å²) in [6, 6.07) is -0.359. The summed E-state index contributed by atoms with van der Waals surface area (Å²) in [6.45, 7) is 0.778. The molecule has 2 aromatic heterocycles. The van der Waals surface area contributed by atoms with Crippen molar-refractivity contribution in [2.45, 2.75) is 25.5 Å². The van der Waals surface area contributed by atoms with E-state index in [-0.39, 0.29) is 35.3 Å². The van der Waals surface area contributed by atoms with Crippen LogP contribution in [0.15, 0.2) is 18.2 Å². The molecule has 0 fully saturated rings. The van der Waals surface area contributed by atoms with Crippen LogP contribution in [0.25, 0.3) is 5.69 Å². The molecule has 1 N–H and O–H groups in total. The predicted molar refractivity (Wildman–Crippen MR) is 92.5 cm³/mol. The van der Waals surface area contributed by atoms with Gasteiger partial charge in [0.25, 0.3) is 5.95 Å². The van der Waals surface area contributed by atoms with Gasteiger partial charge in [-0.05, 0) is 25.1 Å². The van der Waals surface area contributed by atoms with E-state index in [2.05, 4.69) is 10.1 Å². The number of aromatic nitrogens is 3. The summed E-state index contributed by atoms with van der Waals surface area (Å²) >= 11 is 0. The minimum Gasteiger partial charge on any atom is -0.493 e. The van der Waals surface area contributed by atoms with Gasteiger partial charge in [-0.2, -0.15) is 58.1 Å². The van der Waals surface area contributed by atoms with E-state index >= 15 is 0 Å². The molecule has 2 heterocycles. The number of carbonyl (C=O) groups is 1. The number of halogens is 12. The fourth-order valence-electron chi connectivity index (χ4n) is 3.04. The normalized spacial score (nSPS) is 12.5. The van der Waals surface area contributed by atoms with Crippen molar-refractivity contribution in [1.29, 1.82) is 0 Å². The number of rotatable bonds is 3. The number of carbonyl (C=O) groups excluding carboxylic acids is 1. The average Bonchev–Trinajstić information content (AvgIpc) is 3.01. The summed E-state index contributed by atoms with van der Waals surface area (Å²) in [5, 5.41) is 13.5. The topological polar surface area (TPSA) is 68.0 Å². The van der Waals surface area contributed by atoms with Crippen LogP contribution in [-0.4, -0.2) is 25.7 Å². The molecule has 0 atom stereocenters. The molecule has 18 heteroatoms. The third-order valence-electron chi connectivity index (χ3n) is 4.61. The van der Waals surface area contributed by atoms with E-state index in [0.717, 1.165) is 6.92 Å². The van der Waals surface area contributed by atoms with E-state index in [4.69, 9.17) is 0 Å². The van der Waals surface area contributed by atoms with Crippen LogP contribution < -0.4 is 0 Å². The molecule has 0 aliphatic carbocycles. The SMILES string of the molecule is Cc1nn(-c2c(F)c(F)nc(C(F)(F)F)c2F)c(O)c1C(=O)c1cc(C(F)(F)F)cc(C(F)(F)F)c1.[Cu]. The second kappa shape index (κ2) is 9.55. The number of hydrogen-bond donors (Lipinski definition) is 1. The molecule has 0 unspecified atom stereocenters. The average molecular weight is 601 g/mol. The van der Waals surface area contributed by atoms with E-state index in [1.54, 1.807) is 0 Å². The van der Waals surface area contributed by atoms with Gasteiger partial charge < -0.3 is 5.11 Å². The van der Waals surface area contributed by atoms with Gasteiger partial charge in [0, 0.05) is 22.6 Å². The summed E-state index contributed by atoms with van der Waals surface area (Å²) in [7, 11) is 0. The number of alkyl halides is 9. The number of ketones is 1. The largest absolute Gasteiger partial charge is 0.493 e. The van der Waals surface area contributed by atoms with Gasteiger partial charge >= 0.3 is 18.5 Å². The molecular weight excluding hydrogens is 594 g/mol. The molecule has 0 amide bonds. The maximum absolute atomic E-state index is 14.4. The summed E-state index contributed by atoms with van der Waals surface area (Å²) in [6.07, 6.45) is -16.4. The maximum atomic E-state index is 14.4. The molecule has 0 spiro atoms. The van der Waals surface area contributed by atoms with Crippen molar-refractivity contribution in [2.24, 2.45) is 0 Å². The Morgan fingerprint density at radius 1 is 0.838 bits per heavy atom. The first kappa shape index (κ1) is 30.0. The molecule has 205 valence electrons. The molecule has 0 aliphatic heterocycles. The molecule has 0 saturated heterocycles. The fourth-order valence-corrected chi connectivity index (χ4v) is 3.04. The second-order valence-electron chi connectivity index (χ2n) is 7.05. The first-order valence-corrected chi connectivity index (χ1v) is 9.00. The number of benzene rings is 1. The van der Waals surface area contributed by atoms with Gasteiger partial charge in [-0.25, -0.2) is 9.37 Å². The van der Waals surface area contributed by atoms with Crippen molar-refractivity contribution in [2.75, 3.05) is 0 Å². The molecular formula is C19H7CuF12N3O2. The number of aryl methyl sites for hydroxylation is 1. The number of pyridine rings is 1. The molecule has 0 saturated carbocycles. The predicted octanol–water partition coefficient (Wildman–Crippen LogP) is 5.98. The first-order chi connectivity index (χ1) is 16.2. The van der Waals surface area contributed by atoms with Gasteiger partial charge in [0.05, 0.1) is 16.8 Å². The van der Waals surface area contributed by atoms with Crippen LogP contribution in [0.3, 0.4) is 0 Å². The first-order valence-electron chi connectivity index (χ1n) is 9.00. The molecule has 1 aromatic carbocycles. The van der Waals surface area contributed by atoms with E-state index in [1.807, 2.05) is 0 Å². The smallest absolute Gasteiger partial charge is 0.436 e. The van der Waals surface area contributed by atoms with Crippen LogP contribution in [-0.2, 0) is 35.6 Å². The van der Waals surface area contributed by atoms with Crippen molar-refractivity contribution in [3.8, 4) is 11.6 Å². The Kier molecular flexibility index (Phi) is 7.73. The Bertz CT molecular complexity index is 1340. The molecule has 3 rings (SSSR count). The van der Waals surface area contributed by atoms with E-state index < -0.39 is 91.8 Å². The third-order valence-corrected chi connectivity index (χ3v) is 4.61. The summed E-state index contributed by atoms with van der Waals surface area (Å²) in [5.41, 5.74) is -11.8.